The third kappa shape index (κ3) is 3.46. The number of hydrogen-bond donors (Lipinski definition) is 0. The first kappa shape index (κ1) is 13.5. The largest absolute Gasteiger partial charge is 0.363 e. The van der Waals surface area contributed by atoms with Crippen molar-refractivity contribution >= 4 is 39.6 Å². The molecule has 0 aromatic carbocycles. The molecule has 1 aromatic rings. The SMILES string of the molecule is Cc1nc(Cl)c(Br)cc1/N=C/N(C)C(C)C. The summed E-state index contributed by atoms with van der Waals surface area (Å²) < 4.78 is 0.763. The summed E-state index contributed by atoms with van der Waals surface area (Å²) in [5.41, 5.74) is 1.64. The van der Waals surface area contributed by atoms with E-state index in [2.05, 4.69) is 39.8 Å². The fourth-order valence-electron chi connectivity index (χ4n) is 0.959. The van der Waals surface area contributed by atoms with Gasteiger partial charge in [-0.3, -0.25) is 0 Å². The zero-order chi connectivity index (χ0) is 12.3. The molecule has 0 fully saturated rings. The summed E-state index contributed by atoms with van der Waals surface area (Å²) in [6.45, 7) is 6.10. The van der Waals surface area contributed by atoms with Crippen LogP contribution >= 0.6 is 27.5 Å². The van der Waals surface area contributed by atoms with Crippen LogP contribution in [0.1, 0.15) is 19.5 Å². The average molecular weight is 305 g/mol. The first-order chi connectivity index (χ1) is 7.41. The molecule has 1 aromatic heterocycles. The topological polar surface area (TPSA) is 28.5 Å². The van der Waals surface area contributed by atoms with Gasteiger partial charge in [0.25, 0.3) is 0 Å². The minimum atomic E-state index is 0.424. The summed E-state index contributed by atoms with van der Waals surface area (Å²) >= 11 is 9.21. The van der Waals surface area contributed by atoms with Gasteiger partial charge in [0.05, 0.1) is 22.2 Å². The predicted octanol–water partition coefficient (Wildman–Crippen LogP) is 3.81. The van der Waals surface area contributed by atoms with Crippen LogP contribution in [-0.4, -0.2) is 29.3 Å². The van der Waals surface area contributed by atoms with E-state index in [9.17, 15) is 0 Å². The minimum Gasteiger partial charge on any atom is -0.363 e. The van der Waals surface area contributed by atoms with E-state index in [-0.39, 0.29) is 0 Å². The van der Waals surface area contributed by atoms with E-state index in [1.807, 2.05) is 24.9 Å². The summed E-state index contributed by atoms with van der Waals surface area (Å²) in [4.78, 5) is 10.6. The van der Waals surface area contributed by atoms with Crippen molar-refractivity contribution in [2.24, 2.45) is 4.99 Å². The number of nitrogens with zero attached hydrogens (tertiary/aromatic N) is 3. The predicted molar refractivity (Wildman–Crippen MR) is 72.7 cm³/mol. The van der Waals surface area contributed by atoms with Crippen LogP contribution in [0.2, 0.25) is 5.15 Å². The normalized spacial score (nSPS) is 11.4. The Morgan fingerprint density at radius 1 is 1.56 bits per heavy atom. The van der Waals surface area contributed by atoms with Crippen molar-refractivity contribution < 1.29 is 0 Å². The van der Waals surface area contributed by atoms with Crippen molar-refractivity contribution in [3.05, 3.63) is 21.4 Å². The molecule has 1 rings (SSSR count). The van der Waals surface area contributed by atoms with Crippen molar-refractivity contribution in [2.75, 3.05) is 7.05 Å². The van der Waals surface area contributed by atoms with Crippen molar-refractivity contribution in [3.8, 4) is 0 Å². The van der Waals surface area contributed by atoms with E-state index in [1.165, 1.54) is 0 Å². The maximum Gasteiger partial charge on any atom is 0.143 e. The number of halogens is 2. The van der Waals surface area contributed by atoms with Crippen molar-refractivity contribution in [1.82, 2.24) is 9.88 Å². The number of hydrogen-bond acceptors (Lipinski definition) is 2. The summed E-state index contributed by atoms with van der Waals surface area (Å²) in [5.74, 6) is 0. The highest BCUT2D eigenvalue weighted by Crippen LogP contribution is 2.27. The number of rotatable bonds is 3. The van der Waals surface area contributed by atoms with E-state index in [1.54, 1.807) is 6.34 Å². The minimum absolute atomic E-state index is 0.424. The van der Waals surface area contributed by atoms with Gasteiger partial charge >= 0.3 is 0 Å². The molecule has 0 radical (unpaired) electrons. The standard InChI is InChI=1S/C11H15BrClN3/c1-7(2)16(4)6-14-10-5-9(12)11(13)15-8(10)3/h5-7H,1-4H3/b14-6+. The lowest BCUT2D eigenvalue weighted by Gasteiger charge is -2.17. The quantitative estimate of drug-likeness (QED) is 0.483. The molecule has 0 spiro atoms. The number of aliphatic imine (C=N–C) groups is 1. The molecule has 0 aliphatic carbocycles. The Morgan fingerprint density at radius 2 is 2.19 bits per heavy atom. The highest BCUT2D eigenvalue weighted by Gasteiger charge is 2.04. The van der Waals surface area contributed by atoms with Crippen LogP contribution in [0.4, 0.5) is 5.69 Å². The second-order valence-corrected chi connectivity index (χ2v) is 5.08. The summed E-state index contributed by atoms with van der Waals surface area (Å²) in [5, 5.41) is 0.466. The molecule has 0 amide bonds. The molecule has 5 heteroatoms. The van der Waals surface area contributed by atoms with E-state index < -0.39 is 0 Å². The third-order valence-corrected chi connectivity index (χ3v) is 3.41. The average Bonchev–Trinajstić information content (AvgIpc) is 2.20. The third-order valence-electron chi connectivity index (χ3n) is 2.29. The van der Waals surface area contributed by atoms with Crippen LogP contribution in [0.5, 0.6) is 0 Å². The Bertz CT molecular complexity index is 404. The maximum absolute atomic E-state index is 5.88. The van der Waals surface area contributed by atoms with Crippen LogP contribution in [0, 0.1) is 6.92 Å². The van der Waals surface area contributed by atoms with Gasteiger partial charge in [-0.2, -0.15) is 0 Å². The number of aryl methyl sites for hydroxylation is 1. The summed E-state index contributed by atoms with van der Waals surface area (Å²) in [6, 6.07) is 2.29. The molecule has 0 N–H and O–H groups in total. The molecule has 16 heavy (non-hydrogen) atoms. The second-order valence-electron chi connectivity index (χ2n) is 3.87. The van der Waals surface area contributed by atoms with E-state index in [0.717, 1.165) is 15.9 Å². The highest BCUT2D eigenvalue weighted by molar-refractivity contribution is 9.10. The summed E-state index contributed by atoms with van der Waals surface area (Å²) in [7, 11) is 1.99. The monoisotopic (exact) mass is 303 g/mol. The first-order valence-electron chi connectivity index (χ1n) is 5.00. The van der Waals surface area contributed by atoms with Gasteiger partial charge in [-0.15, -0.1) is 0 Å². The first-order valence-corrected chi connectivity index (χ1v) is 6.17. The number of pyridine rings is 1. The molecule has 1 heterocycles. The lowest BCUT2D eigenvalue weighted by molar-refractivity contribution is 0.429. The van der Waals surface area contributed by atoms with Gasteiger partial charge in [-0.05, 0) is 42.8 Å². The molecule has 0 saturated heterocycles. The van der Waals surface area contributed by atoms with E-state index >= 15 is 0 Å². The molecular formula is C11H15BrClN3. The highest BCUT2D eigenvalue weighted by atomic mass is 79.9. The van der Waals surface area contributed by atoms with Gasteiger partial charge in [0, 0.05) is 13.1 Å². The molecule has 0 aliphatic heterocycles. The smallest absolute Gasteiger partial charge is 0.143 e. The van der Waals surface area contributed by atoms with Crippen LogP contribution < -0.4 is 0 Å². The Kier molecular flexibility index (Phi) is 4.74. The van der Waals surface area contributed by atoms with Crippen LogP contribution in [0.15, 0.2) is 15.5 Å². The Morgan fingerprint density at radius 3 is 2.75 bits per heavy atom. The van der Waals surface area contributed by atoms with E-state index in [4.69, 9.17) is 11.6 Å². The van der Waals surface area contributed by atoms with Crippen molar-refractivity contribution in [3.63, 3.8) is 0 Å². The van der Waals surface area contributed by atoms with Gasteiger partial charge in [0.2, 0.25) is 0 Å². The lowest BCUT2D eigenvalue weighted by Crippen LogP contribution is -2.24. The molecule has 0 bridgehead atoms. The molecule has 0 saturated carbocycles. The second kappa shape index (κ2) is 5.64. The fourth-order valence-corrected chi connectivity index (χ4v) is 1.45. The van der Waals surface area contributed by atoms with Gasteiger partial charge in [-0.1, -0.05) is 11.6 Å². The number of aromatic nitrogens is 1. The van der Waals surface area contributed by atoms with Gasteiger partial charge in [0.1, 0.15) is 5.15 Å². The Hall–Kier alpha value is -0.610. The molecule has 0 aliphatic rings. The van der Waals surface area contributed by atoms with Gasteiger partial charge < -0.3 is 4.90 Å². The van der Waals surface area contributed by atoms with Crippen LogP contribution in [-0.2, 0) is 0 Å². The maximum atomic E-state index is 5.88. The van der Waals surface area contributed by atoms with Crippen molar-refractivity contribution in [1.29, 1.82) is 0 Å². The molecule has 0 atom stereocenters. The van der Waals surface area contributed by atoms with Crippen molar-refractivity contribution in [2.45, 2.75) is 26.8 Å². The molecular weight excluding hydrogens is 289 g/mol. The molecule has 0 unspecified atom stereocenters. The zero-order valence-electron chi connectivity index (χ0n) is 9.83. The van der Waals surface area contributed by atoms with Gasteiger partial charge in [0.15, 0.2) is 0 Å². The fraction of sp³-hybridized carbons (Fsp3) is 0.455. The Balaban J connectivity index is 2.93. The van der Waals surface area contributed by atoms with Gasteiger partial charge in [-0.25, -0.2) is 9.98 Å². The van der Waals surface area contributed by atoms with Crippen LogP contribution in [0.25, 0.3) is 0 Å². The molecule has 3 nitrogen and oxygen atoms in total. The zero-order valence-corrected chi connectivity index (χ0v) is 12.2. The van der Waals surface area contributed by atoms with Crippen LogP contribution in [0.3, 0.4) is 0 Å². The lowest BCUT2D eigenvalue weighted by atomic mass is 10.3. The molecule has 88 valence electrons. The van der Waals surface area contributed by atoms with E-state index in [0.29, 0.717) is 11.2 Å². The summed E-state index contributed by atoms with van der Waals surface area (Å²) in [6.07, 6.45) is 1.80. The Labute approximate surface area is 110 Å².